The van der Waals surface area contributed by atoms with E-state index >= 15 is 0 Å². The summed E-state index contributed by atoms with van der Waals surface area (Å²) in [6, 6.07) is 1.57. The number of nitrogens with one attached hydrogen (secondary N) is 1. The van der Waals surface area contributed by atoms with Crippen LogP contribution in [0.1, 0.15) is 5.76 Å². The molecule has 1 amide bonds. The number of hydrogen-bond donors (Lipinski definition) is 2. The van der Waals surface area contributed by atoms with Crippen molar-refractivity contribution in [1.82, 2.24) is 5.16 Å². The molecular formula is C12H12N2O5. The number of amides is 1. The number of aliphatic carboxylic acids is 1. The van der Waals surface area contributed by atoms with Crippen LogP contribution in [0.15, 0.2) is 22.7 Å². The lowest BCUT2D eigenvalue weighted by Crippen LogP contribution is -2.39. The number of fused-ring (bicyclic) bond motifs is 2. The summed E-state index contributed by atoms with van der Waals surface area (Å²) < 4.78 is 10.3. The van der Waals surface area contributed by atoms with Crippen molar-refractivity contribution in [3.8, 4) is 0 Å². The number of rotatable bonds is 3. The Morgan fingerprint density at radius 2 is 2.00 bits per heavy atom. The largest absolute Gasteiger partial charge is 0.481 e. The van der Waals surface area contributed by atoms with E-state index in [0.29, 0.717) is 5.76 Å². The van der Waals surface area contributed by atoms with Crippen molar-refractivity contribution < 1.29 is 24.0 Å². The van der Waals surface area contributed by atoms with Gasteiger partial charge in [-0.05, 0) is 6.92 Å². The van der Waals surface area contributed by atoms with Crippen LogP contribution in [0.2, 0.25) is 0 Å². The third kappa shape index (κ3) is 1.91. The quantitative estimate of drug-likeness (QED) is 0.774. The molecule has 0 aliphatic carbocycles. The van der Waals surface area contributed by atoms with Gasteiger partial charge in [0.25, 0.3) is 0 Å². The van der Waals surface area contributed by atoms with Gasteiger partial charge >= 0.3 is 5.97 Å². The number of carbonyl (C=O) groups excluding carboxylic acids is 1. The van der Waals surface area contributed by atoms with E-state index < -0.39 is 35.9 Å². The average Bonchev–Trinajstić information content (AvgIpc) is 3.03. The van der Waals surface area contributed by atoms with Gasteiger partial charge in [-0.15, -0.1) is 0 Å². The molecule has 1 aromatic rings. The Bertz CT molecular complexity index is 564. The molecule has 0 radical (unpaired) electrons. The maximum absolute atomic E-state index is 12.2. The van der Waals surface area contributed by atoms with Crippen LogP contribution in [0.5, 0.6) is 0 Å². The van der Waals surface area contributed by atoms with Gasteiger partial charge in [-0.2, -0.15) is 0 Å². The van der Waals surface area contributed by atoms with Gasteiger partial charge in [-0.3, -0.25) is 9.59 Å². The first-order chi connectivity index (χ1) is 9.06. The maximum Gasteiger partial charge on any atom is 0.310 e. The molecule has 1 saturated heterocycles. The molecule has 19 heavy (non-hydrogen) atoms. The first kappa shape index (κ1) is 11.9. The summed E-state index contributed by atoms with van der Waals surface area (Å²) in [4.78, 5) is 23.4. The minimum atomic E-state index is -1.03. The van der Waals surface area contributed by atoms with Crippen LogP contribution in [0.4, 0.5) is 5.82 Å². The van der Waals surface area contributed by atoms with Crippen LogP contribution < -0.4 is 5.32 Å². The van der Waals surface area contributed by atoms with Crippen molar-refractivity contribution in [1.29, 1.82) is 0 Å². The zero-order valence-corrected chi connectivity index (χ0v) is 10.1. The first-order valence-corrected chi connectivity index (χ1v) is 5.87. The van der Waals surface area contributed by atoms with Gasteiger partial charge in [0, 0.05) is 6.07 Å². The molecule has 2 bridgehead atoms. The third-order valence-corrected chi connectivity index (χ3v) is 3.37. The Hall–Kier alpha value is -2.15. The number of aryl methyl sites for hydroxylation is 1. The number of nitrogens with zero attached hydrogens (tertiary/aromatic N) is 1. The summed E-state index contributed by atoms with van der Waals surface area (Å²) in [5, 5.41) is 15.4. The molecule has 0 unspecified atom stereocenters. The van der Waals surface area contributed by atoms with Crippen LogP contribution in [0.3, 0.4) is 0 Å². The van der Waals surface area contributed by atoms with E-state index in [0.717, 1.165) is 0 Å². The van der Waals surface area contributed by atoms with Gasteiger partial charge in [-0.1, -0.05) is 17.3 Å². The fourth-order valence-corrected chi connectivity index (χ4v) is 2.55. The number of anilines is 1. The maximum atomic E-state index is 12.2. The van der Waals surface area contributed by atoms with E-state index in [1.54, 1.807) is 25.1 Å². The Kier molecular flexibility index (Phi) is 2.63. The second-order valence-electron chi connectivity index (χ2n) is 4.65. The summed E-state index contributed by atoms with van der Waals surface area (Å²) in [5.41, 5.74) is 0. The van der Waals surface area contributed by atoms with Gasteiger partial charge in [0.2, 0.25) is 5.91 Å². The Morgan fingerprint density at radius 3 is 2.58 bits per heavy atom. The predicted octanol–water partition coefficient (Wildman–Crippen LogP) is 0.576. The van der Waals surface area contributed by atoms with Crippen LogP contribution in [-0.4, -0.2) is 34.3 Å². The Labute approximate surface area is 108 Å². The second-order valence-corrected chi connectivity index (χ2v) is 4.65. The molecule has 4 atom stereocenters. The van der Waals surface area contributed by atoms with Crippen LogP contribution >= 0.6 is 0 Å². The lowest BCUT2D eigenvalue weighted by atomic mass is 9.82. The van der Waals surface area contributed by atoms with E-state index in [-0.39, 0.29) is 5.82 Å². The van der Waals surface area contributed by atoms with Crippen molar-refractivity contribution in [3.63, 3.8) is 0 Å². The van der Waals surface area contributed by atoms with Crippen molar-refractivity contribution >= 4 is 17.7 Å². The standard InChI is InChI=1S/C12H12N2O5/c1-5-4-8(14-19-5)13-11(15)9-6-2-3-7(18-6)10(9)12(16)17/h2-4,6-7,9-10H,1H3,(H,16,17)(H,13,14,15)/t6-,7+,9+,10+/m1/s1. The SMILES string of the molecule is Cc1cc(NC(=O)[C@@H]2[C@@H](C(=O)O)[C@@H]3C=C[C@H]2O3)no1. The molecule has 3 rings (SSSR count). The predicted molar refractivity (Wildman–Crippen MR) is 62.3 cm³/mol. The van der Waals surface area contributed by atoms with Gasteiger partial charge in [0.05, 0.1) is 18.1 Å². The Balaban J connectivity index is 1.79. The van der Waals surface area contributed by atoms with E-state index in [1.807, 2.05) is 0 Å². The van der Waals surface area contributed by atoms with Gasteiger partial charge in [-0.25, -0.2) is 0 Å². The highest BCUT2D eigenvalue weighted by molar-refractivity contribution is 5.96. The third-order valence-electron chi connectivity index (χ3n) is 3.37. The minimum Gasteiger partial charge on any atom is -0.481 e. The lowest BCUT2D eigenvalue weighted by molar-refractivity contribution is -0.145. The van der Waals surface area contributed by atoms with E-state index in [2.05, 4.69) is 10.5 Å². The van der Waals surface area contributed by atoms with Crippen LogP contribution in [0.25, 0.3) is 0 Å². The number of carbonyl (C=O) groups is 2. The van der Waals surface area contributed by atoms with E-state index in [1.165, 1.54) is 0 Å². The molecule has 1 aromatic heterocycles. The number of carboxylic acid groups (broad SMARTS) is 1. The Morgan fingerprint density at radius 1 is 1.32 bits per heavy atom. The zero-order valence-electron chi connectivity index (χ0n) is 10.1. The van der Waals surface area contributed by atoms with Crippen molar-refractivity contribution in [2.24, 2.45) is 11.8 Å². The molecule has 2 aliphatic rings. The fraction of sp³-hybridized carbons (Fsp3) is 0.417. The molecule has 3 heterocycles. The molecule has 1 fully saturated rings. The molecule has 7 nitrogen and oxygen atoms in total. The van der Waals surface area contributed by atoms with Crippen molar-refractivity contribution in [2.45, 2.75) is 19.1 Å². The molecule has 100 valence electrons. The molecule has 2 aliphatic heterocycles. The topological polar surface area (TPSA) is 102 Å². The minimum absolute atomic E-state index is 0.276. The highest BCUT2D eigenvalue weighted by Crippen LogP contribution is 2.39. The highest BCUT2D eigenvalue weighted by atomic mass is 16.5. The van der Waals surface area contributed by atoms with Crippen molar-refractivity contribution in [3.05, 3.63) is 24.0 Å². The first-order valence-electron chi connectivity index (χ1n) is 5.87. The molecular weight excluding hydrogens is 252 g/mol. The van der Waals surface area contributed by atoms with Gasteiger partial charge in [0.1, 0.15) is 11.7 Å². The van der Waals surface area contributed by atoms with E-state index in [4.69, 9.17) is 9.26 Å². The summed E-state index contributed by atoms with van der Waals surface area (Å²) >= 11 is 0. The molecule has 0 aromatic carbocycles. The van der Waals surface area contributed by atoms with Crippen LogP contribution in [-0.2, 0) is 14.3 Å². The average molecular weight is 264 g/mol. The molecule has 0 spiro atoms. The normalized spacial score (nSPS) is 31.6. The van der Waals surface area contributed by atoms with Gasteiger partial charge in [0.15, 0.2) is 5.82 Å². The number of carboxylic acids is 1. The fourth-order valence-electron chi connectivity index (χ4n) is 2.55. The number of hydrogen-bond acceptors (Lipinski definition) is 5. The van der Waals surface area contributed by atoms with Crippen molar-refractivity contribution in [2.75, 3.05) is 5.32 Å². The van der Waals surface area contributed by atoms with Gasteiger partial charge < -0.3 is 19.7 Å². The molecule has 2 N–H and O–H groups in total. The lowest BCUT2D eigenvalue weighted by Gasteiger charge is -2.20. The van der Waals surface area contributed by atoms with E-state index in [9.17, 15) is 14.7 Å². The summed E-state index contributed by atoms with van der Waals surface area (Å²) in [6.07, 6.45) is 2.40. The summed E-state index contributed by atoms with van der Waals surface area (Å²) in [7, 11) is 0. The second kappa shape index (κ2) is 4.20. The molecule has 7 heteroatoms. The number of ether oxygens (including phenoxy) is 1. The molecule has 0 saturated carbocycles. The smallest absolute Gasteiger partial charge is 0.310 e. The zero-order chi connectivity index (χ0) is 13.6. The van der Waals surface area contributed by atoms with Crippen LogP contribution in [0, 0.1) is 18.8 Å². The number of aromatic nitrogens is 1. The monoisotopic (exact) mass is 264 g/mol. The highest BCUT2D eigenvalue weighted by Gasteiger charge is 2.53. The summed E-state index contributed by atoms with van der Waals surface area (Å²) in [5.74, 6) is -2.22. The summed E-state index contributed by atoms with van der Waals surface area (Å²) in [6.45, 7) is 1.70.